The van der Waals surface area contributed by atoms with Crippen molar-refractivity contribution < 1.29 is 23.0 Å². The molecule has 222 valence electrons. The Hall–Kier alpha value is -3.66. The van der Waals surface area contributed by atoms with E-state index in [9.17, 15) is 4.79 Å². The van der Waals surface area contributed by atoms with E-state index in [-0.39, 0.29) is 70.1 Å². The SMILES string of the molecule is Cl.Cn1cc2c(n1)COc1c-2cc(C(N)=O)c(-c2c(Cl)c(F)cc3c2CC(c2ccccc2)(C2CC4(CC4)CN2)O3)c1F. The van der Waals surface area contributed by atoms with Gasteiger partial charge in [-0.2, -0.15) is 5.10 Å². The molecular formula is C32H28Cl2F2N4O3. The molecule has 0 radical (unpaired) electrons. The van der Waals surface area contributed by atoms with Gasteiger partial charge in [-0.25, -0.2) is 8.78 Å². The topological polar surface area (TPSA) is 91.4 Å². The quantitative estimate of drug-likeness (QED) is 0.287. The van der Waals surface area contributed by atoms with Crippen LogP contribution in [0, 0.1) is 17.0 Å². The number of benzene rings is 3. The number of amides is 1. The highest BCUT2D eigenvalue weighted by Gasteiger charge is 2.58. The predicted molar refractivity (Wildman–Crippen MR) is 160 cm³/mol. The number of nitrogens with zero attached hydrogens (tertiary/aromatic N) is 2. The molecule has 3 aliphatic heterocycles. The maximum Gasteiger partial charge on any atom is 0.249 e. The number of carbonyl (C=O) groups is 1. The molecule has 3 N–H and O–H groups in total. The van der Waals surface area contributed by atoms with Gasteiger partial charge >= 0.3 is 0 Å². The van der Waals surface area contributed by atoms with Gasteiger partial charge in [0.1, 0.15) is 23.9 Å². The number of carbonyl (C=O) groups excluding carboxylic acids is 1. The van der Waals surface area contributed by atoms with Gasteiger partial charge in [0.25, 0.3) is 0 Å². The zero-order valence-electron chi connectivity index (χ0n) is 23.2. The number of rotatable bonds is 4. The normalized spacial score (nSPS) is 22.2. The van der Waals surface area contributed by atoms with Crippen LogP contribution in [0.15, 0.2) is 48.7 Å². The minimum absolute atomic E-state index is 0. The van der Waals surface area contributed by atoms with E-state index in [2.05, 4.69) is 10.4 Å². The molecule has 1 aromatic heterocycles. The summed E-state index contributed by atoms with van der Waals surface area (Å²) in [6.07, 6.45) is 5.24. The summed E-state index contributed by atoms with van der Waals surface area (Å²) in [5.74, 6) is -2.30. The van der Waals surface area contributed by atoms with Crippen molar-refractivity contribution in [2.45, 2.75) is 43.9 Å². The second-order valence-electron chi connectivity index (χ2n) is 12.0. The number of primary amides is 1. The standard InChI is InChI=1S/C32H27ClF2N4O3.ClH/c1-39-13-20-17-9-18(30(36)40)26(28(35)29(17)41-14-22(20)38-39)25-19-11-32(16-5-3-2-4-6-16,24-12-31(7-8-31)15-37-24)42-23(19)10-21(34)27(25)33;/h2-6,9-10,13,24,37H,7-8,11-12,14-15H2,1H3,(H2,36,40);1H. The summed E-state index contributed by atoms with van der Waals surface area (Å²) in [5.41, 5.74) is 7.97. The molecule has 0 bridgehead atoms. The summed E-state index contributed by atoms with van der Waals surface area (Å²) in [4.78, 5) is 12.9. The third-order valence-electron chi connectivity index (χ3n) is 9.45. The van der Waals surface area contributed by atoms with E-state index >= 15 is 8.78 Å². The molecule has 1 saturated carbocycles. The number of nitrogens with one attached hydrogen (secondary N) is 1. The van der Waals surface area contributed by atoms with Crippen LogP contribution < -0.4 is 20.5 Å². The number of halogens is 4. The molecule has 1 amide bonds. The number of nitrogens with two attached hydrogens (primary N) is 1. The average molecular weight is 626 g/mol. The van der Waals surface area contributed by atoms with Crippen molar-refractivity contribution in [2.75, 3.05) is 6.54 Å². The summed E-state index contributed by atoms with van der Waals surface area (Å²) < 4.78 is 46.4. The molecule has 43 heavy (non-hydrogen) atoms. The Kier molecular flexibility index (Phi) is 6.33. The molecule has 8 rings (SSSR count). The molecule has 1 aliphatic carbocycles. The number of hydrogen-bond acceptors (Lipinski definition) is 5. The van der Waals surface area contributed by atoms with Gasteiger partial charge in [-0.1, -0.05) is 41.9 Å². The fraction of sp³-hybridized carbons (Fsp3) is 0.312. The molecule has 4 aliphatic rings. The zero-order chi connectivity index (χ0) is 29.0. The molecule has 2 atom stereocenters. The summed E-state index contributed by atoms with van der Waals surface area (Å²) in [5, 5.41) is 7.74. The van der Waals surface area contributed by atoms with Gasteiger partial charge in [0.15, 0.2) is 17.2 Å². The minimum atomic E-state index is -0.889. The lowest BCUT2D eigenvalue weighted by molar-refractivity contribution is 0.0521. The summed E-state index contributed by atoms with van der Waals surface area (Å²) in [7, 11) is 1.75. The Bertz CT molecular complexity index is 1830. The molecule has 4 aromatic rings. The van der Waals surface area contributed by atoms with Crippen LogP contribution in [0.2, 0.25) is 5.02 Å². The predicted octanol–water partition coefficient (Wildman–Crippen LogP) is 6.07. The number of aryl methyl sites for hydroxylation is 1. The maximum atomic E-state index is 16.7. The smallest absolute Gasteiger partial charge is 0.249 e. The number of fused-ring (bicyclic) bond motifs is 4. The van der Waals surface area contributed by atoms with Crippen molar-refractivity contribution in [3.8, 4) is 33.8 Å². The van der Waals surface area contributed by atoms with Crippen molar-refractivity contribution in [3.63, 3.8) is 0 Å². The third kappa shape index (κ3) is 4.08. The van der Waals surface area contributed by atoms with E-state index < -0.39 is 23.1 Å². The largest absolute Gasteiger partial charge is 0.483 e. The summed E-state index contributed by atoms with van der Waals surface area (Å²) in [6.45, 7) is 0.923. The summed E-state index contributed by atoms with van der Waals surface area (Å²) >= 11 is 6.66. The number of hydrogen-bond donors (Lipinski definition) is 2. The van der Waals surface area contributed by atoms with Gasteiger partial charge in [0.05, 0.1) is 16.6 Å². The lowest BCUT2D eigenvalue weighted by Gasteiger charge is -2.35. The third-order valence-corrected chi connectivity index (χ3v) is 9.82. The Morgan fingerprint density at radius 2 is 1.93 bits per heavy atom. The molecule has 1 saturated heterocycles. The molecular weight excluding hydrogens is 597 g/mol. The molecule has 1 spiro atoms. The fourth-order valence-electron chi connectivity index (χ4n) is 7.16. The van der Waals surface area contributed by atoms with Gasteiger partial charge in [0, 0.05) is 60.1 Å². The van der Waals surface area contributed by atoms with Crippen molar-refractivity contribution in [3.05, 3.63) is 87.7 Å². The van der Waals surface area contributed by atoms with Gasteiger partial charge in [-0.05, 0) is 36.3 Å². The van der Waals surface area contributed by atoms with Crippen LogP contribution in [-0.2, 0) is 25.7 Å². The van der Waals surface area contributed by atoms with Crippen LogP contribution in [0.25, 0.3) is 22.3 Å². The second-order valence-corrected chi connectivity index (χ2v) is 12.4. The Labute approximate surface area is 257 Å². The first kappa shape index (κ1) is 28.1. The van der Waals surface area contributed by atoms with Gasteiger partial charge in [-0.3, -0.25) is 9.48 Å². The molecule has 2 fully saturated rings. The van der Waals surface area contributed by atoms with E-state index in [1.807, 2.05) is 30.3 Å². The van der Waals surface area contributed by atoms with Crippen LogP contribution in [0.1, 0.15) is 46.4 Å². The van der Waals surface area contributed by atoms with E-state index in [1.165, 1.54) is 12.1 Å². The summed E-state index contributed by atoms with van der Waals surface area (Å²) in [6, 6.07) is 12.5. The lowest BCUT2D eigenvalue weighted by atomic mass is 9.79. The highest BCUT2D eigenvalue weighted by Crippen LogP contribution is 2.58. The highest BCUT2D eigenvalue weighted by molar-refractivity contribution is 6.34. The lowest BCUT2D eigenvalue weighted by Crippen LogP contribution is -2.48. The van der Waals surface area contributed by atoms with Crippen molar-refractivity contribution in [1.82, 2.24) is 15.1 Å². The highest BCUT2D eigenvalue weighted by atomic mass is 35.5. The van der Waals surface area contributed by atoms with Crippen LogP contribution >= 0.6 is 24.0 Å². The van der Waals surface area contributed by atoms with E-state index in [1.54, 1.807) is 17.9 Å². The van der Waals surface area contributed by atoms with Crippen molar-refractivity contribution in [2.24, 2.45) is 18.2 Å². The van der Waals surface area contributed by atoms with Crippen LogP contribution in [0.3, 0.4) is 0 Å². The molecule has 2 unspecified atom stereocenters. The van der Waals surface area contributed by atoms with E-state index in [4.69, 9.17) is 26.8 Å². The zero-order valence-corrected chi connectivity index (χ0v) is 24.7. The minimum Gasteiger partial charge on any atom is -0.483 e. The first-order valence-corrected chi connectivity index (χ1v) is 14.4. The number of ether oxygens (including phenoxy) is 2. The molecule has 3 aromatic carbocycles. The number of aromatic nitrogens is 2. The van der Waals surface area contributed by atoms with Crippen LogP contribution in [0.4, 0.5) is 8.78 Å². The van der Waals surface area contributed by atoms with Crippen molar-refractivity contribution >= 4 is 29.9 Å². The molecule has 4 heterocycles. The van der Waals surface area contributed by atoms with E-state index in [0.29, 0.717) is 22.4 Å². The van der Waals surface area contributed by atoms with Crippen LogP contribution in [-0.4, -0.2) is 28.3 Å². The first-order valence-electron chi connectivity index (χ1n) is 14.0. The Balaban J connectivity index is 0.00000300. The van der Waals surface area contributed by atoms with Gasteiger partial charge in [-0.15, -0.1) is 12.4 Å². The molecule has 11 heteroatoms. The van der Waals surface area contributed by atoms with Crippen LogP contribution in [0.5, 0.6) is 11.5 Å². The Morgan fingerprint density at radius 3 is 2.63 bits per heavy atom. The monoisotopic (exact) mass is 624 g/mol. The van der Waals surface area contributed by atoms with E-state index in [0.717, 1.165) is 31.4 Å². The average Bonchev–Trinajstić information content (AvgIpc) is 3.26. The maximum absolute atomic E-state index is 16.7. The van der Waals surface area contributed by atoms with Gasteiger partial charge in [0.2, 0.25) is 5.91 Å². The van der Waals surface area contributed by atoms with Gasteiger partial charge < -0.3 is 20.5 Å². The van der Waals surface area contributed by atoms with Crippen molar-refractivity contribution in [1.29, 1.82) is 0 Å². The second kappa shape index (κ2) is 9.67. The first-order chi connectivity index (χ1) is 20.2. The fourth-order valence-corrected chi connectivity index (χ4v) is 7.43. The molecule has 7 nitrogen and oxygen atoms in total. The Morgan fingerprint density at radius 1 is 1.16 bits per heavy atom.